The smallest absolute Gasteiger partial charge is 0.266 e. The second-order valence-electron chi connectivity index (χ2n) is 8.10. The lowest BCUT2D eigenvalue weighted by Crippen LogP contribution is -3.11. The third-order valence-electron chi connectivity index (χ3n) is 5.88. The number of aryl methyl sites for hydroxylation is 2. The molecule has 1 aromatic carbocycles. The van der Waals surface area contributed by atoms with Crippen LogP contribution in [0.1, 0.15) is 67.0 Å². The number of amides is 1. The SMILES string of the molecule is CC[NH+](CC)CCC[C@@H](C)n1c(C)cc(C(=O)NS(=O)(=O)c2ccc(C)cc2)c1C. The first-order valence-electron chi connectivity index (χ1n) is 10.8. The Kier molecular flexibility index (Phi) is 8.26. The summed E-state index contributed by atoms with van der Waals surface area (Å²) in [5.41, 5.74) is 3.13. The molecular formula is C23H36N3O3S+. The van der Waals surface area contributed by atoms with E-state index in [0.717, 1.165) is 49.4 Å². The van der Waals surface area contributed by atoms with E-state index in [0.29, 0.717) is 5.56 Å². The van der Waals surface area contributed by atoms with Gasteiger partial charge in [-0.25, -0.2) is 13.1 Å². The largest absolute Gasteiger partial charge is 0.346 e. The molecule has 0 saturated heterocycles. The molecule has 0 radical (unpaired) electrons. The van der Waals surface area contributed by atoms with Gasteiger partial charge in [-0.05, 0) is 72.6 Å². The molecular weight excluding hydrogens is 398 g/mol. The number of carbonyl (C=O) groups is 1. The number of nitrogens with zero attached hydrogens (tertiary/aromatic N) is 1. The van der Waals surface area contributed by atoms with Crippen molar-refractivity contribution in [3.63, 3.8) is 0 Å². The van der Waals surface area contributed by atoms with Crippen LogP contribution in [0.25, 0.3) is 0 Å². The fraction of sp³-hybridized carbons (Fsp3) is 0.522. The molecule has 7 heteroatoms. The molecule has 0 bridgehead atoms. The predicted octanol–water partition coefficient (Wildman–Crippen LogP) is 2.80. The van der Waals surface area contributed by atoms with Crippen LogP contribution in [0.5, 0.6) is 0 Å². The van der Waals surface area contributed by atoms with Gasteiger partial charge in [0.2, 0.25) is 0 Å². The van der Waals surface area contributed by atoms with E-state index < -0.39 is 15.9 Å². The zero-order chi connectivity index (χ0) is 22.5. The molecule has 30 heavy (non-hydrogen) atoms. The van der Waals surface area contributed by atoms with Crippen molar-refractivity contribution >= 4 is 15.9 Å². The van der Waals surface area contributed by atoms with Crippen molar-refractivity contribution in [3.05, 3.63) is 52.8 Å². The summed E-state index contributed by atoms with van der Waals surface area (Å²) in [5.74, 6) is -0.588. The molecule has 0 fully saturated rings. The summed E-state index contributed by atoms with van der Waals surface area (Å²) in [6.07, 6.45) is 2.13. The van der Waals surface area contributed by atoms with Gasteiger partial charge in [-0.15, -0.1) is 0 Å². The van der Waals surface area contributed by atoms with Gasteiger partial charge in [0.15, 0.2) is 0 Å². The Hall–Kier alpha value is -2.12. The summed E-state index contributed by atoms with van der Waals surface area (Å²) in [6.45, 7) is 15.7. The number of hydrogen-bond donors (Lipinski definition) is 2. The number of rotatable bonds is 10. The van der Waals surface area contributed by atoms with E-state index in [2.05, 4.69) is 30.1 Å². The number of quaternary nitrogens is 1. The quantitative estimate of drug-likeness (QED) is 0.604. The Bertz CT molecular complexity index is 958. The third-order valence-corrected chi connectivity index (χ3v) is 7.23. The molecule has 0 unspecified atom stereocenters. The molecule has 1 aromatic heterocycles. The lowest BCUT2D eigenvalue weighted by molar-refractivity contribution is -0.896. The van der Waals surface area contributed by atoms with Gasteiger partial charge in [0, 0.05) is 17.4 Å². The first-order valence-corrected chi connectivity index (χ1v) is 12.2. The van der Waals surface area contributed by atoms with Crippen LogP contribution in [-0.2, 0) is 10.0 Å². The van der Waals surface area contributed by atoms with E-state index in [4.69, 9.17) is 0 Å². The van der Waals surface area contributed by atoms with E-state index in [1.165, 1.54) is 12.1 Å². The monoisotopic (exact) mass is 434 g/mol. The van der Waals surface area contributed by atoms with Crippen molar-refractivity contribution in [1.82, 2.24) is 9.29 Å². The van der Waals surface area contributed by atoms with Gasteiger partial charge in [0.25, 0.3) is 15.9 Å². The summed E-state index contributed by atoms with van der Waals surface area (Å²) in [5, 5.41) is 0. The van der Waals surface area contributed by atoms with E-state index in [1.54, 1.807) is 23.1 Å². The fourth-order valence-corrected chi connectivity index (χ4v) is 4.98. The van der Waals surface area contributed by atoms with Gasteiger partial charge in [-0.1, -0.05) is 17.7 Å². The van der Waals surface area contributed by atoms with E-state index in [1.807, 2.05) is 20.8 Å². The van der Waals surface area contributed by atoms with Crippen LogP contribution in [0.3, 0.4) is 0 Å². The van der Waals surface area contributed by atoms with Crippen LogP contribution in [0.2, 0.25) is 0 Å². The minimum absolute atomic E-state index is 0.0857. The topological polar surface area (TPSA) is 72.6 Å². The molecule has 1 atom stereocenters. The van der Waals surface area contributed by atoms with Crippen molar-refractivity contribution in [2.75, 3.05) is 19.6 Å². The summed E-state index contributed by atoms with van der Waals surface area (Å²) in [6, 6.07) is 8.47. The molecule has 2 N–H and O–H groups in total. The lowest BCUT2D eigenvalue weighted by Gasteiger charge is -2.20. The molecule has 1 amide bonds. The Balaban J connectivity index is 2.13. The van der Waals surface area contributed by atoms with Crippen LogP contribution in [0, 0.1) is 20.8 Å². The predicted molar refractivity (Wildman–Crippen MR) is 121 cm³/mol. The second kappa shape index (κ2) is 10.3. The molecule has 1 heterocycles. The first-order chi connectivity index (χ1) is 14.1. The van der Waals surface area contributed by atoms with Crippen molar-refractivity contribution in [2.45, 2.75) is 65.3 Å². The average molecular weight is 435 g/mol. The first kappa shape index (κ1) is 24.2. The van der Waals surface area contributed by atoms with Crippen LogP contribution < -0.4 is 9.62 Å². The molecule has 2 aromatic rings. The van der Waals surface area contributed by atoms with Crippen molar-refractivity contribution < 1.29 is 18.1 Å². The van der Waals surface area contributed by atoms with Gasteiger partial charge < -0.3 is 9.47 Å². The van der Waals surface area contributed by atoms with Crippen molar-refractivity contribution in [3.8, 4) is 0 Å². The second-order valence-corrected chi connectivity index (χ2v) is 9.78. The molecule has 0 aliphatic carbocycles. The van der Waals surface area contributed by atoms with Gasteiger partial charge >= 0.3 is 0 Å². The molecule has 0 aliphatic rings. The fourth-order valence-electron chi connectivity index (χ4n) is 4.02. The minimum Gasteiger partial charge on any atom is -0.346 e. The normalized spacial score (nSPS) is 12.9. The summed E-state index contributed by atoms with van der Waals surface area (Å²) in [4.78, 5) is 14.5. The van der Waals surface area contributed by atoms with E-state index >= 15 is 0 Å². The summed E-state index contributed by atoms with van der Waals surface area (Å²) >= 11 is 0. The number of nitrogens with one attached hydrogen (secondary N) is 2. The number of benzene rings is 1. The van der Waals surface area contributed by atoms with E-state index in [9.17, 15) is 13.2 Å². The van der Waals surface area contributed by atoms with Crippen LogP contribution in [0.15, 0.2) is 35.2 Å². The van der Waals surface area contributed by atoms with Crippen LogP contribution in [-0.4, -0.2) is 38.5 Å². The zero-order valence-corrected chi connectivity index (χ0v) is 19.9. The Labute approximate surface area is 181 Å². The lowest BCUT2D eigenvalue weighted by atomic mass is 10.1. The van der Waals surface area contributed by atoms with E-state index in [-0.39, 0.29) is 10.9 Å². The highest BCUT2D eigenvalue weighted by molar-refractivity contribution is 7.90. The average Bonchev–Trinajstić information content (AvgIpc) is 2.99. The van der Waals surface area contributed by atoms with Gasteiger partial charge in [0.05, 0.1) is 30.1 Å². The molecule has 6 nitrogen and oxygen atoms in total. The highest BCUT2D eigenvalue weighted by atomic mass is 32.2. The van der Waals surface area contributed by atoms with Gasteiger partial charge in [-0.2, -0.15) is 0 Å². The Morgan fingerprint density at radius 1 is 1.10 bits per heavy atom. The highest BCUT2D eigenvalue weighted by Gasteiger charge is 2.23. The Morgan fingerprint density at radius 3 is 2.27 bits per heavy atom. The number of hydrogen-bond acceptors (Lipinski definition) is 3. The molecule has 0 aliphatic heterocycles. The van der Waals surface area contributed by atoms with Gasteiger partial charge in [0.1, 0.15) is 0 Å². The van der Waals surface area contributed by atoms with Crippen molar-refractivity contribution in [2.24, 2.45) is 0 Å². The Morgan fingerprint density at radius 2 is 1.70 bits per heavy atom. The van der Waals surface area contributed by atoms with Crippen LogP contribution in [0.4, 0.5) is 0 Å². The molecule has 0 spiro atoms. The molecule has 166 valence electrons. The standard InChI is InChI=1S/C23H35N3O3S/c1-7-25(8-2)15-9-10-18(4)26-19(5)16-22(20(26)6)23(27)24-30(28,29)21-13-11-17(3)12-14-21/h11-14,16,18H,7-10,15H2,1-6H3,(H,24,27)/p+1/t18-/m1/s1. The maximum atomic E-state index is 12.8. The highest BCUT2D eigenvalue weighted by Crippen LogP contribution is 2.23. The maximum Gasteiger partial charge on any atom is 0.266 e. The summed E-state index contributed by atoms with van der Waals surface area (Å²) < 4.78 is 29.5. The number of sulfonamides is 1. The van der Waals surface area contributed by atoms with Crippen LogP contribution >= 0.6 is 0 Å². The zero-order valence-electron chi connectivity index (χ0n) is 19.1. The van der Waals surface area contributed by atoms with Crippen molar-refractivity contribution in [1.29, 1.82) is 0 Å². The third kappa shape index (κ3) is 5.73. The number of aromatic nitrogens is 1. The maximum absolute atomic E-state index is 12.8. The molecule has 0 saturated carbocycles. The summed E-state index contributed by atoms with van der Waals surface area (Å²) in [7, 11) is -3.91. The number of carbonyl (C=O) groups excluding carboxylic acids is 1. The minimum atomic E-state index is -3.91. The molecule has 2 rings (SSSR count). The van der Waals surface area contributed by atoms with Gasteiger partial charge in [-0.3, -0.25) is 4.79 Å².